The summed E-state index contributed by atoms with van der Waals surface area (Å²) in [6, 6.07) is 13.6. The van der Waals surface area contributed by atoms with Crippen LogP contribution in [0.4, 0.5) is 0 Å². The quantitative estimate of drug-likeness (QED) is 0.610. The number of hydrazine groups is 1. The summed E-state index contributed by atoms with van der Waals surface area (Å²) in [6.45, 7) is 1.93. The molecule has 0 saturated carbocycles. The van der Waals surface area contributed by atoms with Crippen molar-refractivity contribution in [1.82, 2.24) is 10.9 Å². The number of amides is 2. The Hall–Kier alpha value is -2.56. The van der Waals surface area contributed by atoms with Crippen LogP contribution in [0, 0.1) is 0 Å². The zero-order chi connectivity index (χ0) is 16.5. The fourth-order valence-corrected chi connectivity index (χ4v) is 2.18. The number of fused-ring (bicyclic) bond motifs is 1. The third-order valence-electron chi connectivity index (χ3n) is 3.44. The molecule has 0 radical (unpaired) electrons. The van der Waals surface area contributed by atoms with Gasteiger partial charge >= 0.3 is 0 Å². The zero-order valence-corrected chi connectivity index (χ0v) is 13.3. The molecular formula is C18H22N2O3. The first kappa shape index (κ1) is 16.8. The Labute approximate surface area is 136 Å². The molecule has 2 rings (SSSR count). The fraction of sp³-hybridized carbons (Fsp3) is 0.333. The smallest absolute Gasteiger partial charge is 0.276 e. The van der Waals surface area contributed by atoms with Crippen LogP contribution < -0.4 is 15.6 Å². The molecular weight excluding hydrogens is 292 g/mol. The van der Waals surface area contributed by atoms with E-state index in [0.29, 0.717) is 12.2 Å². The summed E-state index contributed by atoms with van der Waals surface area (Å²) in [5.41, 5.74) is 4.74. The van der Waals surface area contributed by atoms with Crippen molar-refractivity contribution in [1.29, 1.82) is 0 Å². The predicted octanol–water partition coefficient (Wildman–Crippen LogP) is 2.95. The molecule has 2 amide bonds. The van der Waals surface area contributed by atoms with Gasteiger partial charge in [-0.05, 0) is 29.3 Å². The highest BCUT2D eigenvalue weighted by Crippen LogP contribution is 2.20. The Morgan fingerprint density at radius 3 is 2.48 bits per heavy atom. The normalized spacial score (nSPS) is 10.3. The second kappa shape index (κ2) is 8.78. The molecule has 0 heterocycles. The Kier molecular flexibility index (Phi) is 6.41. The lowest BCUT2D eigenvalue weighted by Crippen LogP contribution is -2.43. The molecule has 2 aromatic rings. The zero-order valence-electron chi connectivity index (χ0n) is 13.3. The average molecular weight is 314 g/mol. The molecule has 0 bridgehead atoms. The van der Waals surface area contributed by atoms with E-state index in [1.54, 1.807) is 0 Å². The third kappa shape index (κ3) is 5.62. The molecule has 0 atom stereocenters. The minimum absolute atomic E-state index is 0.145. The SMILES string of the molecule is CCCCCC(=O)NNC(=O)COc1ccc2ccccc2c1. The van der Waals surface area contributed by atoms with Crippen LogP contribution >= 0.6 is 0 Å². The summed E-state index contributed by atoms with van der Waals surface area (Å²) in [7, 11) is 0. The van der Waals surface area contributed by atoms with Crippen molar-refractivity contribution in [2.75, 3.05) is 6.61 Å². The average Bonchev–Trinajstić information content (AvgIpc) is 2.58. The predicted molar refractivity (Wildman–Crippen MR) is 89.9 cm³/mol. The lowest BCUT2D eigenvalue weighted by Gasteiger charge is -2.09. The van der Waals surface area contributed by atoms with E-state index in [-0.39, 0.29) is 18.4 Å². The molecule has 2 N–H and O–H groups in total. The van der Waals surface area contributed by atoms with Gasteiger partial charge in [0.1, 0.15) is 5.75 Å². The Bertz CT molecular complexity index is 670. The van der Waals surface area contributed by atoms with Crippen molar-refractivity contribution in [2.45, 2.75) is 32.6 Å². The number of hydrogen-bond acceptors (Lipinski definition) is 3. The van der Waals surface area contributed by atoms with Gasteiger partial charge in [0, 0.05) is 6.42 Å². The highest BCUT2D eigenvalue weighted by molar-refractivity contribution is 5.84. The van der Waals surface area contributed by atoms with Crippen molar-refractivity contribution < 1.29 is 14.3 Å². The minimum Gasteiger partial charge on any atom is -0.484 e. The summed E-state index contributed by atoms with van der Waals surface area (Å²) in [5, 5.41) is 2.17. The Balaban J connectivity index is 1.74. The van der Waals surface area contributed by atoms with E-state index in [4.69, 9.17) is 4.74 Å². The lowest BCUT2D eigenvalue weighted by molar-refractivity contribution is -0.130. The lowest BCUT2D eigenvalue weighted by atomic mass is 10.1. The van der Waals surface area contributed by atoms with Crippen LogP contribution in [0.3, 0.4) is 0 Å². The first-order valence-electron chi connectivity index (χ1n) is 7.88. The largest absolute Gasteiger partial charge is 0.484 e. The Morgan fingerprint density at radius 2 is 1.70 bits per heavy atom. The van der Waals surface area contributed by atoms with Gasteiger partial charge in [-0.25, -0.2) is 0 Å². The number of carbonyl (C=O) groups is 2. The second-order valence-electron chi connectivity index (χ2n) is 5.35. The topological polar surface area (TPSA) is 67.4 Å². The van der Waals surface area contributed by atoms with Gasteiger partial charge in [-0.1, -0.05) is 50.1 Å². The van der Waals surface area contributed by atoms with Crippen molar-refractivity contribution in [3.8, 4) is 5.75 Å². The molecule has 5 nitrogen and oxygen atoms in total. The summed E-state index contributed by atoms with van der Waals surface area (Å²) >= 11 is 0. The van der Waals surface area contributed by atoms with E-state index >= 15 is 0 Å². The maximum absolute atomic E-state index is 11.7. The second-order valence-corrected chi connectivity index (χ2v) is 5.35. The highest BCUT2D eigenvalue weighted by atomic mass is 16.5. The maximum Gasteiger partial charge on any atom is 0.276 e. The van der Waals surface area contributed by atoms with E-state index in [1.165, 1.54) is 0 Å². The van der Waals surface area contributed by atoms with Gasteiger partial charge in [-0.3, -0.25) is 20.4 Å². The number of benzene rings is 2. The van der Waals surface area contributed by atoms with Gasteiger partial charge in [0.15, 0.2) is 6.61 Å². The molecule has 122 valence electrons. The van der Waals surface area contributed by atoms with Crippen LogP contribution in [0.5, 0.6) is 5.75 Å². The molecule has 0 saturated heterocycles. The summed E-state index contributed by atoms with van der Waals surface area (Å²) in [4.78, 5) is 23.1. The van der Waals surface area contributed by atoms with Crippen LogP contribution in [0.25, 0.3) is 10.8 Å². The summed E-state index contributed by atoms with van der Waals surface area (Å²) in [6.07, 6.45) is 3.30. The van der Waals surface area contributed by atoms with E-state index in [2.05, 4.69) is 17.8 Å². The summed E-state index contributed by atoms with van der Waals surface area (Å²) in [5.74, 6) is 0.0487. The van der Waals surface area contributed by atoms with Gasteiger partial charge in [-0.2, -0.15) is 0 Å². The van der Waals surface area contributed by atoms with E-state index in [0.717, 1.165) is 30.0 Å². The van der Waals surface area contributed by atoms with Crippen molar-refractivity contribution >= 4 is 22.6 Å². The van der Waals surface area contributed by atoms with Crippen LogP contribution in [0.1, 0.15) is 32.6 Å². The highest BCUT2D eigenvalue weighted by Gasteiger charge is 2.06. The number of carbonyl (C=O) groups excluding carboxylic acids is 2. The molecule has 0 fully saturated rings. The number of ether oxygens (including phenoxy) is 1. The van der Waals surface area contributed by atoms with Gasteiger partial charge in [0.25, 0.3) is 5.91 Å². The Morgan fingerprint density at radius 1 is 0.957 bits per heavy atom. The molecule has 0 aliphatic heterocycles. The molecule has 0 aliphatic carbocycles. The molecule has 0 spiro atoms. The van der Waals surface area contributed by atoms with Gasteiger partial charge in [-0.15, -0.1) is 0 Å². The van der Waals surface area contributed by atoms with Crippen molar-refractivity contribution in [3.05, 3.63) is 42.5 Å². The molecule has 5 heteroatoms. The van der Waals surface area contributed by atoms with Crippen LogP contribution in [-0.2, 0) is 9.59 Å². The number of nitrogens with one attached hydrogen (secondary N) is 2. The van der Waals surface area contributed by atoms with Crippen LogP contribution in [0.15, 0.2) is 42.5 Å². The number of rotatable bonds is 7. The standard InChI is InChI=1S/C18H22N2O3/c1-2-3-4-9-17(21)19-20-18(22)13-23-16-11-10-14-7-5-6-8-15(14)12-16/h5-8,10-12H,2-4,9,13H2,1H3,(H,19,21)(H,20,22). The molecule has 0 unspecified atom stereocenters. The first-order chi connectivity index (χ1) is 11.2. The van der Waals surface area contributed by atoms with Crippen molar-refractivity contribution in [2.24, 2.45) is 0 Å². The maximum atomic E-state index is 11.7. The number of hydrogen-bond donors (Lipinski definition) is 2. The first-order valence-corrected chi connectivity index (χ1v) is 7.88. The van der Waals surface area contributed by atoms with Crippen LogP contribution in [0.2, 0.25) is 0 Å². The molecule has 0 aliphatic rings. The van der Waals surface area contributed by atoms with E-state index in [9.17, 15) is 9.59 Å². The minimum atomic E-state index is -0.387. The summed E-state index contributed by atoms with van der Waals surface area (Å²) < 4.78 is 5.44. The van der Waals surface area contributed by atoms with Crippen LogP contribution in [-0.4, -0.2) is 18.4 Å². The molecule has 2 aromatic carbocycles. The monoisotopic (exact) mass is 314 g/mol. The third-order valence-corrected chi connectivity index (χ3v) is 3.44. The van der Waals surface area contributed by atoms with Gasteiger partial charge in [0.2, 0.25) is 5.91 Å². The fourth-order valence-electron chi connectivity index (χ4n) is 2.18. The van der Waals surface area contributed by atoms with E-state index < -0.39 is 0 Å². The van der Waals surface area contributed by atoms with E-state index in [1.807, 2.05) is 42.5 Å². The molecule has 0 aromatic heterocycles. The number of unbranched alkanes of at least 4 members (excludes halogenated alkanes) is 2. The van der Waals surface area contributed by atoms with Crippen molar-refractivity contribution in [3.63, 3.8) is 0 Å². The molecule has 23 heavy (non-hydrogen) atoms. The van der Waals surface area contributed by atoms with Gasteiger partial charge in [0.05, 0.1) is 0 Å². The van der Waals surface area contributed by atoms with Gasteiger partial charge < -0.3 is 4.74 Å².